The van der Waals surface area contributed by atoms with Gasteiger partial charge in [0.2, 0.25) is 11.4 Å². The Morgan fingerprint density at radius 1 is 1.30 bits per heavy atom. The first kappa shape index (κ1) is 6.86. The molecule has 3 heteroatoms. The predicted molar refractivity (Wildman–Crippen MR) is 37.7 cm³/mol. The van der Waals surface area contributed by atoms with Gasteiger partial charge in [-0.3, -0.25) is 5.21 Å². The van der Waals surface area contributed by atoms with E-state index in [1.54, 1.807) is 26.0 Å². The van der Waals surface area contributed by atoms with Crippen molar-refractivity contribution in [2.45, 2.75) is 13.8 Å². The zero-order valence-electron chi connectivity index (χ0n) is 6.13. The normalized spacial score (nSPS) is 9.80. The Balaban J connectivity index is 3.31. The van der Waals surface area contributed by atoms with Crippen molar-refractivity contribution in [1.29, 1.82) is 0 Å². The van der Waals surface area contributed by atoms with Crippen molar-refractivity contribution in [3.05, 3.63) is 23.5 Å². The summed E-state index contributed by atoms with van der Waals surface area (Å²) in [6, 6.07) is 3.43. The predicted octanol–water partition coefficient (Wildman–Crippen LogP) is 0.410. The van der Waals surface area contributed by atoms with Crippen LogP contribution in [0.1, 0.15) is 11.4 Å². The number of pyridine rings is 1. The summed E-state index contributed by atoms with van der Waals surface area (Å²) in [6.07, 6.45) is 0. The third-order valence-corrected chi connectivity index (χ3v) is 1.42. The number of rotatable bonds is 0. The molecule has 1 rings (SSSR count). The van der Waals surface area contributed by atoms with E-state index < -0.39 is 0 Å². The van der Waals surface area contributed by atoms with Gasteiger partial charge in [-0.1, -0.05) is 0 Å². The monoisotopic (exact) mass is 139 g/mol. The van der Waals surface area contributed by atoms with Crippen LogP contribution in [0.15, 0.2) is 12.1 Å². The molecular formula is C7H11N2O+. The maximum absolute atomic E-state index is 9.19. The number of nitrogen functional groups attached to an aromatic ring is 1. The number of anilines is 1. The van der Waals surface area contributed by atoms with Gasteiger partial charge in [0.25, 0.3) is 0 Å². The van der Waals surface area contributed by atoms with Crippen LogP contribution in [0.3, 0.4) is 0 Å². The molecule has 3 N–H and O–H groups in total. The molecular weight excluding hydrogens is 128 g/mol. The fraction of sp³-hybridized carbons (Fsp3) is 0.286. The van der Waals surface area contributed by atoms with Crippen LogP contribution < -0.4 is 10.5 Å². The molecule has 10 heavy (non-hydrogen) atoms. The lowest BCUT2D eigenvalue weighted by atomic mass is 10.3. The molecule has 1 aromatic heterocycles. The Bertz CT molecular complexity index is 235. The molecule has 0 saturated carbocycles. The van der Waals surface area contributed by atoms with E-state index in [1.807, 2.05) is 0 Å². The third-order valence-electron chi connectivity index (χ3n) is 1.42. The van der Waals surface area contributed by atoms with Crippen LogP contribution in [-0.4, -0.2) is 5.21 Å². The molecule has 0 aromatic carbocycles. The summed E-state index contributed by atoms with van der Waals surface area (Å²) in [7, 11) is 0. The lowest BCUT2D eigenvalue weighted by Crippen LogP contribution is -2.37. The van der Waals surface area contributed by atoms with Crippen molar-refractivity contribution in [2.75, 3.05) is 5.73 Å². The summed E-state index contributed by atoms with van der Waals surface area (Å²) in [4.78, 5) is 0. The minimum absolute atomic E-state index is 0.681. The van der Waals surface area contributed by atoms with Gasteiger partial charge < -0.3 is 5.73 Å². The minimum atomic E-state index is 0.681. The fourth-order valence-corrected chi connectivity index (χ4v) is 0.925. The van der Waals surface area contributed by atoms with E-state index in [4.69, 9.17) is 5.73 Å². The van der Waals surface area contributed by atoms with Gasteiger partial charge in [0.15, 0.2) is 0 Å². The lowest BCUT2D eigenvalue weighted by Gasteiger charge is -1.94. The number of hydrogen-bond donors (Lipinski definition) is 2. The molecule has 0 saturated heterocycles. The fourth-order valence-electron chi connectivity index (χ4n) is 0.925. The number of nitrogens with two attached hydrogens (primary N) is 1. The zero-order chi connectivity index (χ0) is 7.72. The second kappa shape index (κ2) is 2.17. The van der Waals surface area contributed by atoms with Crippen molar-refractivity contribution in [1.82, 2.24) is 0 Å². The highest BCUT2D eigenvalue weighted by Crippen LogP contribution is 2.02. The van der Waals surface area contributed by atoms with Crippen molar-refractivity contribution in [3.8, 4) is 0 Å². The van der Waals surface area contributed by atoms with E-state index in [0.29, 0.717) is 5.69 Å². The van der Waals surface area contributed by atoms with Gasteiger partial charge in [-0.25, -0.2) is 0 Å². The van der Waals surface area contributed by atoms with E-state index in [2.05, 4.69) is 0 Å². The van der Waals surface area contributed by atoms with E-state index >= 15 is 0 Å². The van der Waals surface area contributed by atoms with Gasteiger partial charge in [0.05, 0.1) is 0 Å². The molecule has 1 heterocycles. The standard InChI is InChI=1S/C7H10N2O/c1-5-3-7(8)4-6(2)9(5)10/h3-4,8,10H,1-2H3/p+1. The average Bonchev–Trinajstić information content (AvgIpc) is 1.82. The third kappa shape index (κ3) is 1.03. The van der Waals surface area contributed by atoms with Gasteiger partial charge in [-0.05, 0) is 0 Å². The lowest BCUT2D eigenvalue weighted by molar-refractivity contribution is -0.912. The molecule has 0 fully saturated rings. The Hall–Kier alpha value is -1.25. The number of hydrogen-bond acceptors (Lipinski definition) is 2. The van der Waals surface area contributed by atoms with Gasteiger partial charge >= 0.3 is 0 Å². The van der Waals surface area contributed by atoms with Crippen LogP contribution in [0.5, 0.6) is 0 Å². The number of aryl methyl sites for hydroxylation is 2. The molecule has 0 radical (unpaired) electrons. The Morgan fingerprint density at radius 3 is 2.10 bits per heavy atom. The highest BCUT2D eigenvalue weighted by Gasteiger charge is 2.08. The van der Waals surface area contributed by atoms with Gasteiger partial charge in [0, 0.05) is 36.4 Å². The molecule has 0 amide bonds. The second-order valence-corrected chi connectivity index (χ2v) is 2.38. The molecule has 0 aliphatic rings. The zero-order valence-corrected chi connectivity index (χ0v) is 6.13. The number of nitrogens with zero attached hydrogens (tertiary/aromatic N) is 1. The van der Waals surface area contributed by atoms with Gasteiger partial charge in [-0.15, -0.1) is 0 Å². The van der Waals surface area contributed by atoms with E-state index in [0.717, 1.165) is 16.1 Å². The first-order valence-corrected chi connectivity index (χ1v) is 3.09. The molecule has 0 aliphatic heterocycles. The summed E-state index contributed by atoms with van der Waals surface area (Å²) >= 11 is 0. The van der Waals surface area contributed by atoms with Gasteiger partial charge in [0.1, 0.15) is 0 Å². The topological polar surface area (TPSA) is 50.1 Å². The maximum Gasteiger partial charge on any atom is 0.233 e. The summed E-state index contributed by atoms with van der Waals surface area (Å²) < 4.78 is 1.11. The first-order chi connectivity index (χ1) is 4.61. The van der Waals surface area contributed by atoms with Gasteiger partial charge in [-0.2, -0.15) is 0 Å². The second-order valence-electron chi connectivity index (χ2n) is 2.38. The summed E-state index contributed by atoms with van der Waals surface area (Å²) in [5.74, 6) is 0. The van der Waals surface area contributed by atoms with Crippen LogP contribution >= 0.6 is 0 Å². The molecule has 0 atom stereocenters. The Morgan fingerprint density at radius 2 is 1.70 bits per heavy atom. The molecule has 3 nitrogen and oxygen atoms in total. The number of aromatic nitrogens is 1. The quantitative estimate of drug-likeness (QED) is 0.404. The van der Waals surface area contributed by atoms with Crippen LogP contribution in [-0.2, 0) is 0 Å². The largest absolute Gasteiger partial charge is 0.398 e. The van der Waals surface area contributed by atoms with Crippen LogP contribution in [0.2, 0.25) is 0 Å². The molecule has 0 aliphatic carbocycles. The minimum Gasteiger partial charge on any atom is -0.398 e. The van der Waals surface area contributed by atoms with E-state index in [1.165, 1.54) is 0 Å². The molecule has 54 valence electrons. The van der Waals surface area contributed by atoms with Crippen molar-refractivity contribution < 1.29 is 9.94 Å². The summed E-state index contributed by atoms with van der Waals surface area (Å²) in [5.41, 5.74) is 7.68. The summed E-state index contributed by atoms with van der Waals surface area (Å²) in [5, 5.41) is 9.19. The van der Waals surface area contributed by atoms with Crippen molar-refractivity contribution >= 4 is 5.69 Å². The highest BCUT2D eigenvalue weighted by atomic mass is 16.5. The van der Waals surface area contributed by atoms with E-state index in [-0.39, 0.29) is 0 Å². The van der Waals surface area contributed by atoms with Crippen molar-refractivity contribution in [2.24, 2.45) is 0 Å². The highest BCUT2D eigenvalue weighted by molar-refractivity contribution is 5.37. The average molecular weight is 139 g/mol. The Labute approximate surface area is 59.7 Å². The smallest absolute Gasteiger partial charge is 0.233 e. The summed E-state index contributed by atoms with van der Waals surface area (Å²) in [6.45, 7) is 3.59. The first-order valence-electron chi connectivity index (χ1n) is 3.09. The van der Waals surface area contributed by atoms with Crippen LogP contribution in [0, 0.1) is 13.8 Å². The molecule has 0 spiro atoms. The maximum atomic E-state index is 9.19. The SMILES string of the molecule is Cc1cc(N)cc(C)[n+]1O. The molecule has 1 aromatic rings. The molecule has 0 bridgehead atoms. The van der Waals surface area contributed by atoms with Crippen LogP contribution in [0.25, 0.3) is 0 Å². The van der Waals surface area contributed by atoms with Crippen molar-refractivity contribution in [3.63, 3.8) is 0 Å². The molecule has 0 unspecified atom stereocenters. The van der Waals surface area contributed by atoms with E-state index in [9.17, 15) is 5.21 Å². The van der Waals surface area contributed by atoms with Crippen LogP contribution in [0.4, 0.5) is 5.69 Å². The Kier molecular flexibility index (Phi) is 1.49.